The maximum Gasteiger partial charge on any atom is 0.220 e. The molecule has 1 aromatic carbocycles. The van der Waals surface area contributed by atoms with Crippen LogP contribution in [-0.2, 0) is 20.9 Å². The SMILES string of the molecule is CC(C)(N)CCOC(C)(C)CCNC(=O)CCCC(=O)NCc1ccc(-c2nncnn2)cc1. The summed E-state index contributed by atoms with van der Waals surface area (Å²) in [5.41, 5.74) is 7.14. The number of benzene rings is 1. The van der Waals surface area contributed by atoms with Crippen molar-refractivity contribution >= 4 is 11.8 Å². The normalized spacial score (nSPS) is 11.8. The van der Waals surface area contributed by atoms with Gasteiger partial charge in [0.25, 0.3) is 0 Å². The number of hydrogen-bond donors (Lipinski definition) is 3. The summed E-state index contributed by atoms with van der Waals surface area (Å²) in [4.78, 5) is 24.2. The molecular formula is C24H37N7O3. The van der Waals surface area contributed by atoms with Gasteiger partial charge in [0.15, 0.2) is 6.33 Å². The van der Waals surface area contributed by atoms with Crippen molar-refractivity contribution in [3.05, 3.63) is 36.2 Å². The summed E-state index contributed by atoms with van der Waals surface area (Å²) in [6.07, 6.45) is 3.85. The highest BCUT2D eigenvalue weighted by atomic mass is 16.5. The molecule has 1 heterocycles. The number of nitrogens with one attached hydrogen (secondary N) is 2. The number of carbonyl (C=O) groups excluding carboxylic acids is 2. The van der Waals surface area contributed by atoms with Gasteiger partial charge in [-0.2, -0.15) is 0 Å². The molecular weight excluding hydrogens is 434 g/mol. The Bertz CT molecular complexity index is 897. The van der Waals surface area contributed by atoms with Gasteiger partial charge in [0.2, 0.25) is 17.6 Å². The molecule has 1 aromatic heterocycles. The second-order valence-corrected chi connectivity index (χ2v) is 9.64. The fraction of sp³-hybridized carbons (Fsp3) is 0.583. The minimum absolute atomic E-state index is 0.0607. The molecule has 0 aliphatic heterocycles. The summed E-state index contributed by atoms with van der Waals surface area (Å²) < 4.78 is 5.90. The first-order valence-corrected chi connectivity index (χ1v) is 11.6. The molecule has 0 aliphatic rings. The molecule has 0 fully saturated rings. The monoisotopic (exact) mass is 471 g/mol. The Morgan fingerprint density at radius 1 is 0.941 bits per heavy atom. The predicted molar refractivity (Wildman–Crippen MR) is 129 cm³/mol. The van der Waals surface area contributed by atoms with E-state index in [1.807, 2.05) is 52.0 Å². The van der Waals surface area contributed by atoms with Gasteiger partial charge in [0.05, 0.1) is 5.60 Å². The lowest BCUT2D eigenvalue weighted by Gasteiger charge is -2.27. The van der Waals surface area contributed by atoms with Crippen molar-refractivity contribution in [2.45, 2.75) is 77.5 Å². The minimum Gasteiger partial charge on any atom is -0.375 e. The molecule has 0 aliphatic carbocycles. The summed E-state index contributed by atoms with van der Waals surface area (Å²) >= 11 is 0. The van der Waals surface area contributed by atoms with Crippen LogP contribution in [-0.4, -0.2) is 56.5 Å². The average molecular weight is 472 g/mol. The second-order valence-electron chi connectivity index (χ2n) is 9.64. The third-order valence-corrected chi connectivity index (χ3v) is 5.21. The van der Waals surface area contributed by atoms with E-state index in [1.54, 1.807) is 0 Å². The van der Waals surface area contributed by atoms with Crippen molar-refractivity contribution < 1.29 is 14.3 Å². The van der Waals surface area contributed by atoms with Crippen LogP contribution in [0, 0.1) is 0 Å². The average Bonchev–Trinajstić information content (AvgIpc) is 2.77. The van der Waals surface area contributed by atoms with Crippen LogP contribution in [0.25, 0.3) is 11.4 Å². The highest BCUT2D eigenvalue weighted by Crippen LogP contribution is 2.16. The summed E-state index contributed by atoms with van der Waals surface area (Å²) in [6, 6.07) is 7.49. The molecule has 10 heteroatoms. The van der Waals surface area contributed by atoms with E-state index in [2.05, 4.69) is 31.0 Å². The van der Waals surface area contributed by atoms with E-state index in [4.69, 9.17) is 10.5 Å². The van der Waals surface area contributed by atoms with Gasteiger partial charge in [-0.05, 0) is 52.5 Å². The Balaban J connectivity index is 1.58. The van der Waals surface area contributed by atoms with Gasteiger partial charge in [-0.1, -0.05) is 24.3 Å². The van der Waals surface area contributed by atoms with Crippen LogP contribution in [0.5, 0.6) is 0 Å². The third kappa shape index (κ3) is 11.2. The van der Waals surface area contributed by atoms with Crippen LogP contribution in [0.4, 0.5) is 0 Å². The maximum absolute atomic E-state index is 12.1. The highest BCUT2D eigenvalue weighted by Gasteiger charge is 2.20. The number of rotatable bonds is 14. The molecule has 0 spiro atoms. The number of ether oxygens (including phenoxy) is 1. The van der Waals surface area contributed by atoms with Gasteiger partial charge in [-0.3, -0.25) is 9.59 Å². The maximum atomic E-state index is 12.1. The zero-order chi connectivity index (χ0) is 25.0. The molecule has 2 aromatic rings. The topological polar surface area (TPSA) is 145 Å². The van der Waals surface area contributed by atoms with Crippen molar-refractivity contribution in [2.75, 3.05) is 13.2 Å². The van der Waals surface area contributed by atoms with Gasteiger partial charge in [0, 0.05) is 43.6 Å². The number of aromatic nitrogens is 4. The van der Waals surface area contributed by atoms with Crippen molar-refractivity contribution in [1.29, 1.82) is 0 Å². The van der Waals surface area contributed by atoms with E-state index in [1.165, 1.54) is 6.33 Å². The van der Waals surface area contributed by atoms with Gasteiger partial charge in [-0.25, -0.2) is 0 Å². The van der Waals surface area contributed by atoms with Crippen LogP contribution in [0.2, 0.25) is 0 Å². The first-order chi connectivity index (χ1) is 16.0. The summed E-state index contributed by atoms with van der Waals surface area (Å²) in [5.74, 6) is 0.298. The molecule has 0 bridgehead atoms. The number of hydrogen-bond acceptors (Lipinski definition) is 8. The van der Waals surface area contributed by atoms with E-state index in [0.717, 1.165) is 17.5 Å². The summed E-state index contributed by atoms with van der Waals surface area (Å²) in [6.45, 7) is 9.47. The van der Waals surface area contributed by atoms with E-state index in [9.17, 15) is 9.59 Å². The molecule has 2 rings (SSSR count). The number of amides is 2. The standard InChI is InChI=1S/C24H37N7O3/c1-23(2,25)13-15-34-24(3,4)12-14-26-20(32)6-5-7-21(33)27-16-18-8-10-19(11-9-18)22-30-28-17-29-31-22/h8-11,17H,5-7,12-16,25H2,1-4H3,(H,26,32)(H,27,33). The van der Waals surface area contributed by atoms with Gasteiger partial charge >= 0.3 is 0 Å². The lowest BCUT2D eigenvalue weighted by Crippen LogP contribution is -2.37. The van der Waals surface area contributed by atoms with E-state index >= 15 is 0 Å². The van der Waals surface area contributed by atoms with Crippen LogP contribution >= 0.6 is 0 Å². The zero-order valence-corrected chi connectivity index (χ0v) is 20.6. The first kappa shape index (κ1) is 27.3. The Labute approximate surface area is 201 Å². The van der Waals surface area contributed by atoms with Crippen LogP contribution in [0.3, 0.4) is 0 Å². The molecule has 0 saturated carbocycles. The van der Waals surface area contributed by atoms with Gasteiger partial charge in [-0.15, -0.1) is 20.4 Å². The number of nitrogens with two attached hydrogens (primary N) is 1. The van der Waals surface area contributed by atoms with Gasteiger partial charge < -0.3 is 21.1 Å². The summed E-state index contributed by atoms with van der Waals surface area (Å²) in [7, 11) is 0. The Hall–Kier alpha value is -2.98. The molecule has 0 unspecified atom stereocenters. The van der Waals surface area contributed by atoms with Crippen LogP contribution in [0.15, 0.2) is 30.6 Å². The van der Waals surface area contributed by atoms with Crippen molar-refractivity contribution in [1.82, 2.24) is 31.0 Å². The predicted octanol–water partition coefficient (Wildman–Crippen LogP) is 2.15. The molecule has 4 N–H and O–H groups in total. The smallest absolute Gasteiger partial charge is 0.220 e. The molecule has 0 atom stereocenters. The number of nitrogens with zero attached hydrogens (tertiary/aromatic N) is 4. The third-order valence-electron chi connectivity index (χ3n) is 5.21. The van der Waals surface area contributed by atoms with Crippen LogP contribution < -0.4 is 16.4 Å². The van der Waals surface area contributed by atoms with E-state index < -0.39 is 0 Å². The lowest BCUT2D eigenvalue weighted by molar-refractivity contribution is -0.122. The Morgan fingerprint density at radius 3 is 2.18 bits per heavy atom. The Kier molecular flexibility index (Phi) is 10.5. The van der Waals surface area contributed by atoms with E-state index in [-0.39, 0.29) is 23.0 Å². The van der Waals surface area contributed by atoms with Crippen LogP contribution in [0.1, 0.15) is 65.4 Å². The molecule has 34 heavy (non-hydrogen) atoms. The lowest BCUT2D eigenvalue weighted by atomic mass is 10.0. The number of carbonyl (C=O) groups is 2. The fourth-order valence-corrected chi connectivity index (χ4v) is 3.04. The molecule has 0 saturated heterocycles. The molecule has 0 radical (unpaired) electrons. The summed E-state index contributed by atoms with van der Waals surface area (Å²) in [5, 5.41) is 21.0. The quantitative estimate of drug-likeness (QED) is 0.380. The molecule has 10 nitrogen and oxygen atoms in total. The second kappa shape index (κ2) is 13.0. The van der Waals surface area contributed by atoms with Crippen molar-refractivity contribution in [2.24, 2.45) is 5.73 Å². The van der Waals surface area contributed by atoms with Crippen molar-refractivity contribution in [3.63, 3.8) is 0 Å². The minimum atomic E-state index is -0.335. The highest BCUT2D eigenvalue weighted by molar-refractivity contribution is 5.78. The Morgan fingerprint density at radius 2 is 1.56 bits per heavy atom. The zero-order valence-electron chi connectivity index (χ0n) is 20.6. The van der Waals surface area contributed by atoms with Crippen molar-refractivity contribution in [3.8, 4) is 11.4 Å². The fourth-order valence-electron chi connectivity index (χ4n) is 3.04. The van der Waals surface area contributed by atoms with Gasteiger partial charge in [0.1, 0.15) is 0 Å². The molecule has 2 amide bonds. The molecule has 186 valence electrons. The largest absolute Gasteiger partial charge is 0.375 e. The van der Waals surface area contributed by atoms with E-state index in [0.29, 0.717) is 51.2 Å². The first-order valence-electron chi connectivity index (χ1n) is 11.6.